The summed E-state index contributed by atoms with van der Waals surface area (Å²) in [7, 11) is -3.78. The minimum atomic E-state index is -3.78. The Hall–Kier alpha value is -1.39. The monoisotopic (exact) mass is 460 g/mol. The predicted octanol–water partition coefficient (Wildman–Crippen LogP) is 8.30. The van der Waals surface area contributed by atoms with Crippen LogP contribution in [0.4, 0.5) is 0 Å². The highest BCUT2D eigenvalue weighted by molar-refractivity contribution is 7.87. The number of aryl methyl sites for hydroxylation is 1. The van der Waals surface area contributed by atoms with Gasteiger partial charge in [-0.25, -0.2) is 0 Å². The van der Waals surface area contributed by atoms with Gasteiger partial charge in [-0.1, -0.05) is 115 Å². The summed E-state index contributed by atoms with van der Waals surface area (Å²) in [6, 6.07) is 11.8. The van der Waals surface area contributed by atoms with Gasteiger partial charge >= 0.3 is 0 Å². The Labute approximate surface area is 197 Å². The van der Waals surface area contributed by atoms with Crippen molar-refractivity contribution in [1.29, 1.82) is 0 Å². The van der Waals surface area contributed by atoms with Crippen LogP contribution in [0.1, 0.15) is 97.5 Å². The summed E-state index contributed by atoms with van der Waals surface area (Å²) in [5, 5.41) is 1.73. The van der Waals surface area contributed by atoms with Crippen LogP contribution in [0.5, 0.6) is 0 Å². The highest BCUT2D eigenvalue weighted by atomic mass is 32.2. The van der Waals surface area contributed by atoms with E-state index in [4.69, 9.17) is 4.18 Å². The van der Waals surface area contributed by atoms with Crippen LogP contribution in [0.3, 0.4) is 0 Å². The van der Waals surface area contributed by atoms with E-state index >= 15 is 0 Å². The topological polar surface area (TPSA) is 43.4 Å². The SMILES string of the molecule is CC(C)CCCCCCOS(=O)(=O)c1c(CCCCCCC(C)C)ccc2ccccc12. The molecule has 0 aliphatic rings. The van der Waals surface area contributed by atoms with E-state index in [-0.39, 0.29) is 6.61 Å². The molecule has 2 aromatic carbocycles. The number of fused-ring (bicyclic) bond motifs is 1. The van der Waals surface area contributed by atoms with Crippen LogP contribution in [0, 0.1) is 11.8 Å². The zero-order chi connectivity index (χ0) is 23.4. The van der Waals surface area contributed by atoms with Crippen molar-refractivity contribution in [2.45, 2.75) is 103 Å². The Morgan fingerprint density at radius 3 is 1.97 bits per heavy atom. The van der Waals surface area contributed by atoms with Crippen LogP contribution in [0.2, 0.25) is 0 Å². The number of rotatable bonds is 16. The maximum atomic E-state index is 13.2. The quantitative estimate of drug-likeness (QED) is 0.187. The lowest BCUT2D eigenvalue weighted by molar-refractivity contribution is 0.305. The smallest absolute Gasteiger partial charge is 0.266 e. The molecule has 0 radical (unpaired) electrons. The summed E-state index contributed by atoms with van der Waals surface area (Å²) in [5.74, 6) is 1.48. The first-order valence-electron chi connectivity index (χ1n) is 12.7. The minimum absolute atomic E-state index is 0.266. The van der Waals surface area contributed by atoms with Crippen LogP contribution in [-0.2, 0) is 20.7 Å². The van der Waals surface area contributed by atoms with Gasteiger partial charge in [0.25, 0.3) is 10.1 Å². The van der Waals surface area contributed by atoms with Gasteiger partial charge in [0.15, 0.2) is 0 Å². The van der Waals surface area contributed by atoms with E-state index in [1.165, 1.54) is 32.1 Å². The largest absolute Gasteiger partial charge is 0.297 e. The van der Waals surface area contributed by atoms with Crippen molar-refractivity contribution < 1.29 is 12.6 Å². The molecule has 0 heterocycles. The molecular formula is C28H44O3S. The van der Waals surface area contributed by atoms with Gasteiger partial charge in [-0.15, -0.1) is 0 Å². The van der Waals surface area contributed by atoms with Gasteiger partial charge in [0, 0.05) is 5.39 Å². The van der Waals surface area contributed by atoms with Crippen molar-refractivity contribution in [3.63, 3.8) is 0 Å². The van der Waals surface area contributed by atoms with E-state index in [0.29, 0.717) is 4.90 Å². The first-order chi connectivity index (χ1) is 15.3. The Balaban J connectivity index is 2.01. The molecule has 0 amide bonds. The van der Waals surface area contributed by atoms with Crippen molar-refractivity contribution in [1.82, 2.24) is 0 Å². The molecule has 0 fully saturated rings. The lowest BCUT2D eigenvalue weighted by Gasteiger charge is -2.14. The zero-order valence-electron chi connectivity index (χ0n) is 20.7. The van der Waals surface area contributed by atoms with Gasteiger partial charge < -0.3 is 0 Å². The first-order valence-corrected chi connectivity index (χ1v) is 14.1. The summed E-state index contributed by atoms with van der Waals surface area (Å²) in [6.45, 7) is 9.27. The summed E-state index contributed by atoms with van der Waals surface area (Å²) < 4.78 is 32.0. The van der Waals surface area contributed by atoms with Gasteiger partial charge in [-0.2, -0.15) is 8.42 Å². The normalized spacial score (nSPS) is 12.3. The fourth-order valence-corrected chi connectivity index (χ4v) is 5.64. The zero-order valence-corrected chi connectivity index (χ0v) is 21.6. The third-order valence-electron chi connectivity index (χ3n) is 6.10. The van der Waals surface area contributed by atoms with Gasteiger partial charge in [-0.3, -0.25) is 4.18 Å². The van der Waals surface area contributed by atoms with E-state index in [0.717, 1.165) is 66.7 Å². The van der Waals surface area contributed by atoms with Crippen LogP contribution in [-0.4, -0.2) is 15.0 Å². The molecule has 180 valence electrons. The fourth-order valence-electron chi connectivity index (χ4n) is 4.24. The lowest BCUT2D eigenvalue weighted by atomic mass is 10.0. The lowest BCUT2D eigenvalue weighted by Crippen LogP contribution is -2.11. The Morgan fingerprint density at radius 2 is 1.31 bits per heavy atom. The van der Waals surface area contributed by atoms with Crippen molar-refractivity contribution in [2.75, 3.05) is 6.61 Å². The molecule has 2 aromatic rings. The third kappa shape index (κ3) is 9.23. The third-order valence-corrected chi connectivity index (χ3v) is 7.56. The summed E-state index contributed by atoms with van der Waals surface area (Å²) in [5.41, 5.74) is 0.893. The van der Waals surface area contributed by atoms with Crippen LogP contribution in [0.15, 0.2) is 41.3 Å². The van der Waals surface area contributed by atoms with Gasteiger partial charge in [0.05, 0.1) is 6.61 Å². The molecule has 0 bridgehead atoms. The van der Waals surface area contributed by atoms with E-state index in [2.05, 4.69) is 27.7 Å². The molecule has 0 atom stereocenters. The van der Waals surface area contributed by atoms with Crippen LogP contribution < -0.4 is 0 Å². The summed E-state index contributed by atoms with van der Waals surface area (Å²) in [4.78, 5) is 0.387. The molecule has 0 aliphatic heterocycles. The molecule has 4 heteroatoms. The molecule has 2 rings (SSSR count). The molecule has 0 aliphatic carbocycles. The summed E-state index contributed by atoms with van der Waals surface area (Å²) >= 11 is 0. The van der Waals surface area contributed by atoms with Gasteiger partial charge in [0.1, 0.15) is 4.90 Å². The van der Waals surface area contributed by atoms with Crippen molar-refractivity contribution >= 4 is 20.9 Å². The van der Waals surface area contributed by atoms with Gasteiger partial charge in [0.2, 0.25) is 0 Å². The molecule has 0 saturated heterocycles. The average Bonchev–Trinajstić information content (AvgIpc) is 2.74. The van der Waals surface area contributed by atoms with E-state index in [1.54, 1.807) is 0 Å². The Bertz CT molecular complexity index is 900. The highest BCUT2D eigenvalue weighted by Gasteiger charge is 2.22. The van der Waals surface area contributed by atoms with E-state index in [1.807, 2.05) is 36.4 Å². The average molecular weight is 461 g/mol. The number of hydrogen-bond acceptors (Lipinski definition) is 3. The number of benzene rings is 2. The second-order valence-corrected chi connectivity index (χ2v) is 11.5. The molecule has 3 nitrogen and oxygen atoms in total. The first kappa shape index (κ1) is 26.9. The van der Waals surface area contributed by atoms with Crippen LogP contribution >= 0.6 is 0 Å². The molecule has 32 heavy (non-hydrogen) atoms. The second-order valence-electron chi connectivity index (χ2n) is 9.99. The van der Waals surface area contributed by atoms with Gasteiger partial charge in [-0.05, 0) is 42.0 Å². The Kier molecular flexibility index (Phi) is 11.7. The molecule has 0 spiro atoms. The molecule has 0 N–H and O–H groups in total. The number of unbranched alkanes of at least 4 members (excludes halogenated alkanes) is 6. The van der Waals surface area contributed by atoms with E-state index in [9.17, 15) is 8.42 Å². The standard InChI is InChI=1S/C28H44O3S/c1-23(2)15-9-5-6-11-18-26-21-20-25-17-12-13-19-27(25)28(26)32(29,30)31-22-14-8-7-10-16-24(3)4/h12-13,17,19-21,23-24H,5-11,14-16,18,22H2,1-4H3. The summed E-state index contributed by atoms with van der Waals surface area (Å²) in [6.07, 6.45) is 12.0. The minimum Gasteiger partial charge on any atom is -0.266 e. The predicted molar refractivity (Wildman–Crippen MR) is 137 cm³/mol. The molecule has 0 aromatic heterocycles. The Morgan fingerprint density at radius 1 is 0.719 bits per heavy atom. The molecular weight excluding hydrogens is 416 g/mol. The van der Waals surface area contributed by atoms with Crippen molar-refractivity contribution in [3.8, 4) is 0 Å². The maximum Gasteiger partial charge on any atom is 0.297 e. The molecule has 0 saturated carbocycles. The van der Waals surface area contributed by atoms with Crippen molar-refractivity contribution in [2.24, 2.45) is 11.8 Å². The van der Waals surface area contributed by atoms with Crippen molar-refractivity contribution in [3.05, 3.63) is 42.0 Å². The number of hydrogen-bond donors (Lipinski definition) is 0. The molecule has 0 unspecified atom stereocenters. The highest BCUT2D eigenvalue weighted by Crippen LogP contribution is 2.30. The maximum absolute atomic E-state index is 13.2. The second kappa shape index (κ2) is 14.0. The van der Waals surface area contributed by atoms with E-state index < -0.39 is 10.1 Å². The van der Waals surface area contributed by atoms with Crippen LogP contribution in [0.25, 0.3) is 10.8 Å². The fraction of sp³-hybridized carbons (Fsp3) is 0.643.